The highest BCUT2D eigenvalue weighted by Gasteiger charge is 2.28. The van der Waals surface area contributed by atoms with E-state index in [2.05, 4.69) is 20.9 Å². The van der Waals surface area contributed by atoms with Gasteiger partial charge in [0.25, 0.3) is 0 Å². The van der Waals surface area contributed by atoms with E-state index in [9.17, 15) is 19.2 Å². The van der Waals surface area contributed by atoms with Crippen LogP contribution in [0.2, 0.25) is 0 Å². The number of aryl methyl sites for hydroxylation is 1. The van der Waals surface area contributed by atoms with Crippen molar-refractivity contribution in [3.8, 4) is 6.07 Å². The fraction of sp³-hybridized carbons (Fsp3) is 0.263. The van der Waals surface area contributed by atoms with Crippen molar-refractivity contribution in [1.82, 2.24) is 20.9 Å². The lowest BCUT2D eigenvalue weighted by Crippen LogP contribution is -2.43. The molecule has 2 aliphatic heterocycles. The molecule has 7 nitrogen and oxygen atoms in total. The average Bonchev–Trinajstić information content (AvgIpc) is 2.64. The van der Waals surface area contributed by atoms with Gasteiger partial charge in [0.2, 0.25) is 11.8 Å². The van der Waals surface area contributed by atoms with Gasteiger partial charge in [0, 0.05) is 17.3 Å². The monoisotopic (exact) mass is 367 g/mol. The SMILES string of the molecule is Cc1cc([C@@H](C)NC(=O)CC2=CC3=C(C#N)NC=CC3NC2=O)ncc1F. The van der Waals surface area contributed by atoms with Gasteiger partial charge in [-0.3, -0.25) is 14.6 Å². The van der Waals surface area contributed by atoms with Crippen molar-refractivity contribution in [2.24, 2.45) is 0 Å². The third-order valence-electron chi connectivity index (χ3n) is 4.40. The Morgan fingerprint density at radius 3 is 3.00 bits per heavy atom. The van der Waals surface area contributed by atoms with E-state index in [1.165, 1.54) is 0 Å². The van der Waals surface area contributed by atoms with Crippen molar-refractivity contribution in [3.63, 3.8) is 0 Å². The minimum Gasteiger partial charge on any atom is -0.353 e. The van der Waals surface area contributed by atoms with Crippen LogP contribution in [0.15, 0.2) is 47.5 Å². The van der Waals surface area contributed by atoms with Crippen LogP contribution in [-0.2, 0) is 9.59 Å². The number of nitriles is 1. The second kappa shape index (κ2) is 7.41. The molecule has 0 bridgehead atoms. The molecule has 2 amide bonds. The number of carbonyl (C=O) groups excluding carboxylic acids is 2. The molecule has 0 saturated carbocycles. The highest BCUT2D eigenvalue weighted by molar-refractivity contribution is 6.01. The zero-order valence-corrected chi connectivity index (χ0v) is 14.8. The first-order chi connectivity index (χ1) is 12.9. The molecule has 27 heavy (non-hydrogen) atoms. The number of allylic oxidation sites excluding steroid dienone is 1. The summed E-state index contributed by atoms with van der Waals surface area (Å²) in [6.45, 7) is 3.35. The molecule has 1 aromatic rings. The number of dihydropyridines is 1. The Bertz CT molecular complexity index is 942. The number of amides is 2. The molecule has 2 aliphatic rings. The number of carbonyl (C=O) groups is 2. The molecule has 0 saturated heterocycles. The molecule has 1 unspecified atom stereocenters. The number of pyridine rings is 1. The van der Waals surface area contributed by atoms with Gasteiger partial charge in [-0.2, -0.15) is 5.26 Å². The molecule has 0 aromatic carbocycles. The van der Waals surface area contributed by atoms with Gasteiger partial charge in [0.15, 0.2) is 0 Å². The molecule has 8 heteroatoms. The third-order valence-corrected chi connectivity index (χ3v) is 4.40. The van der Waals surface area contributed by atoms with Gasteiger partial charge in [-0.1, -0.05) is 0 Å². The maximum absolute atomic E-state index is 13.3. The van der Waals surface area contributed by atoms with Gasteiger partial charge in [0.1, 0.15) is 17.6 Å². The number of aromatic nitrogens is 1. The Hall–Kier alpha value is -3.47. The normalized spacial score (nSPS) is 19.3. The summed E-state index contributed by atoms with van der Waals surface area (Å²) in [5.41, 5.74) is 2.18. The van der Waals surface area contributed by atoms with Gasteiger partial charge in [-0.25, -0.2) is 4.39 Å². The van der Waals surface area contributed by atoms with Crippen molar-refractivity contribution < 1.29 is 14.0 Å². The zero-order valence-electron chi connectivity index (χ0n) is 14.8. The molecular formula is C19H18FN5O2. The fourth-order valence-electron chi connectivity index (χ4n) is 2.91. The number of hydrogen-bond donors (Lipinski definition) is 3. The maximum Gasteiger partial charge on any atom is 0.248 e. The Labute approximate surface area is 155 Å². The van der Waals surface area contributed by atoms with Crippen LogP contribution >= 0.6 is 0 Å². The lowest BCUT2D eigenvalue weighted by molar-refractivity contribution is -0.124. The molecule has 2 atom stereocenters. The average molecular weight is 367 g/mol. The van der Waals surface area contributed by atoms with E-state index in [1.54, 1.807) is 38.3 Å². The molecule has 0 radical (unpaired) electrons. The van der Waals surface area contributed by atoms with E-state index >= 15 is 0 Å². The number of nitrogens with one attached hydrogen (secondary N) is 3. The number of hydrogen-bond acceptors (Lipinski definition) is 5. The fourth-order valence-corrected chi connectivity index (χ4v) is 2.91. The van der Waals surface area contributed by atoms with Crippen LogP contribution in [0.3, 0.4) is 0 Å². The second-order valence-electron chi connectivity index (χ2n) is 6.39. The quantitative estimate of drug-likeness (QED) is 0.746. The summed E-state index contributed by atoms with van der Waals surface area (Å²) in [6, 6.07) is 2.78. The molecule has 3 N–H and O–H groups in total. The number of nitrogens with zero attached hydrogens (tertiary/aromatic N) is 2. The summed E-state index contributed by atoms with van der Waals surface area (Å²) in [7, 11) is 0. The Kier molecular flexibility index (Phi) is 5.03. The lowest BCUT2D eigenvalue weighted by Gasteiger charge is -2.27. The van der Waals surface area contributed by atoms with Crippen LogP contribution in [-0.4, -0.2) is 22.8 Å². The van der Waals surface area contributed by atoms with Crippen LogP contribution in [0, 0.1) is 24.1 Å². The molecule has 3 rings (SSSR count). The Morgan fingerprint density at radius 2 is 2.30 bits per heavy atom. The van der Waals surface area contributed by atoms with Gasteiger partial charge < -0.3 is 16.0 Å². The van der Waals surface area contributed by atoms with Crippen molar-refractivity contribution in [1.29, 1.82) is 5.26 Å². The van der Waals surface area contributed by atoms with Crippen molar-refractivity contribution in [3.05, 3.63) is 64.5 Å². The van der Waals surface area contributed by atoms with Crippen molar-refractivity contribution in [2.75, 3.05) is 0 Å². The summed E-state index contributed by atoms with van der Waals surface area (Å²) < 4.78 is 13.3. The van der Waals surface area contributed by atoms with E-state index < -0.39 is 11.9 Å². The van der Waals surface area contributed by atoms with E-state index in [0.717, 1.165) is 6.20 Å². The lowest BCUT2D eigenvalue weighted by atomic mass is 9.93. The number of fused-ring (bicyclic) bond motifs is 1. The number of halogens is 1. The smallest absolute Gasteiger partial charge is 0.248 e. The highest BCUT2D eigenvalue weighted by Crippen LogP contribution is 2.23. The largest absolute Gasteiger partial charge is 0.353 e. The van der Waals surface area contributed by atoms with E-state index in [1.807, 2.05) is 6.07 Å². The molecular weight excluding hydrogens is 349 g/mol. The van der Waals surface area contributed by atoms with Crippen LogP contribution < -0.4 is 16.0 Å². The van der Waals surface area contributed by atoms with Crippen LogP contribution in [0.1, 0.15) is 30.6 Å². The highest BCUT2D eigenvalue weighted by atomic mass is 19.1. The molecule has 1 aromatic heterocycles. The topological polar surface area (TPSA) is 107 Å². The first-order valence-electron chi connectivity index (χ1n) is 8.39. The molecule has 138 valence electrons. The summed E-state index contributed by atoms with van der Waals surface area (Å²) in [5.74, 6) is -1.14. The van der Waals surface area contributed by atoms with E-state index in [0.29, 0.717) is 22.5 Å². The standard InChI is InChI=1S/C19H18FN5O2/c1-10-5-16(23-9-14(10)20)11(2)24-18(26)7-12-6-13-15(25-19(12)27)3-4-22-17(13)8-21/h3-6,9,11,15,22H,7H2,1-2H3,(H,24,26)(H,25,27)/t11-,15?/m1/s1. The molecule has 0 aliphatic carbocycles. The number of rotatable bonds is 4. The minimum atomic E-state index is -0.440. The van der Waals surface area contributed by atoms with Gasteiger partial charge in [0.05, 0.1) is 30.4 Å². The third kappa shape index (κ3) is 3.87. The minimum absolute atomic E-state index is 0.144. The molecule has 0 spiro atoms. The Morgan fingerprint density at radius 1 is 1.52 bits per heavy atom. The zero-order chi connectivity index (χ0) is 19.6. The van der Waals surface area contributed by atoms with E-state index in [-0.39, 0.29) is 29.9 Å². The summed E-state index contributed by atoms with van der Waals surface area (Å²) in [5, 5.41) is 17.5. The summed E-state index contributed by atoms with van der Waals surface area (Å²) in [4.78, 5) is 28.6. The molecule has 3 heterocycles. The molecule has 0 fully saturated rings. The summed E-state index contributed by atoms with van der Waals surface area (Å²) in [6.07, 6.45) is 5.87. The maximum atomic E-state index is 13.3. The van der Waals surface area contributed by atoms with Crippen LogP contribution in [0.5, 0.6) is 0 Å². The predicted molar refractivity (Wildman–Crippen MR) is 95.0 cm³/mol. The first kappa shape index (κ1) is 18.3. The summed E-state index contributed by atoms with van der Waals surface area (Å²) >= 11 is 0. The van der Waals surface area contributed by atoms with Gasteiger partial charge in [-0.05, 0) is 37.6 Å². The van der Waals surface area contributed by atoms with Crippen molar-refractivity contribution >= 4 is 11.8 Å². The van der Waals surface area contributed by atoms with Gasteiger partial charge in [-0.15, -0.1) is 0 Å². The second-order valence-corrected chi connectivity index (χ2v) is 6.39. The van der Waals surface area contributed by atoms with Gasteiger partial charge >= 0.3 is 0 Å². The van der Waals surface area contributed by atoms with Crippen LogP contribution in [0.4, 0.5) is 4.39 Å². The Balaban J connectivity index is 1.72. The van der Waals surface area contributed by atoms with E-state index in [4.69, 9.17) is 0 Å². The van der Waals surface area contributed by atoms with Crippen LogP contribution in [0.25, 0.3) is 0 Å². The predicted octanol–water partition coefficient (Wildman–Crippen LogP) is 1.42. The first-order valence-corrected chi connectivity index (χ1v) is 8.39. The van der Waals surface area contributed by atoms with Crippen molar-refractivity contribution in [2.45, 2.75) is 32.4 Å².